The van der Waals surface area contributed by atoms with Crippen LogP contribution < -0.4 is 10.3 Å². The SMILES string of the molecule is COc1ccc(N=Nc2c(C(F)(F)C(F)(F)C(F)(F)C(F)(F)F)[nH][nH]c2=O)cc1. The predicted octanol–water partition coefficient (Wildman–Crippen LogP) is 5.05. The number of rotatable bonds is 6. The van der Waals surface area contributed by atoms with Gasteiger partial charge in [0.15, 0.2) is 5.69 Å². The van der Waals surface area contributed by atoms with E-state index in [4.69, 9.17) is 4.74 Å². The fourth-order valence-electron chi connectivity index (χ4n) is 1.96. The molecule has 2 N–H and O–H groups in total. The molecule has 0 atom stereocenters. The Morgan fingerprint density at radius 3 is 1.86 bits per heavy atom. The van der Waals surface area contributed by atoms with Crippen LogP contribution in [0.4, 0.5) is 50.9 Å². The molecule has 0 aliphatic heterocycles. The Labute approximate surface area is 154 Å². The van der Waals surface area contributed by atoms with Crippen molar-refractivity contribution in [2.24, 2.45) is 10.2 Å². The number of alkyl halides is 9. The normalized spacial score (nSPS) is 13.9. The summed E-state index contributed by atoms with van der Waals surface area (Å²) in [5, 5.41) is 8.80. The molecule has 29 heavy (non-hydrogen) atoms. The van der Waals surface area contributed by atoms with E-state index in [9.17, 15) is 44.3 Å². The summed E-state index contributed by atoms with van der Waals surface area (Å²) in [6, 6.07) is 5.05. The first-order valence-electron chi connectivity index (χ1n) is 7.24. The summed E-state index contributed by atoms with van der Waals surface area (Å²) < 4.78 is 123. The molecule has 1 heterocycles. The van der Waals surface area contributed by atoms with Gasteiger partial charge in [-0.25, -0.2) is 0 Å². The molecule has 160 valence electrons. The van der Waals surface area contributed by atoms with Crippen LogP contribution in [0.1, 0.15) is 5.69 Å². The van der Waals surface area contributed by atoms with Crippen LogP contribution >= 0.6 is 0 Å². The Bertz CT molecular complexity index is 945. The number of hydrogen-bond donors (Lipinski definition) is 2. The summed E-state index contributed by atoms with van der Waals surface area (Å²) in [5.41, 5.74) is -5.62. The molecule has 1 aromatic heterocycles. The van der Waals surface area contributed by atoms with Crippen molar-refractivity contribution in [3.05, 3.63) is 40.3 Å². The zero-order chi connectivity index (χ0) is 22.3. The van der Waals surface area contributed by atoms with Crippen LogP contribution in [-0.2, 0) is 5.92 Å². The van der Waals surface area contributed by atoms with Gasteiger partial charge in [0.25, 0.3) is 5.56 Å². The summed E-state index contributed by atoms with van der Waals surface area (Å²) in [6.07, 6.45) is -7.00. The lowest BCUT2D eigenvalue weighted by atomic mass is 10.0. The van der Waals surface area contributed by atoms with E-state index in [1.807, 2.05) is 0 Å². The number of benzene rings is 1. The molecule has 2 rings (SSSR count). The van der Waals surface area contributed by atoms with Crippen LogP contribution in [0.5, 0.6) is 5.75 Å². The van der Waals surface area contributed by atoms with Crippen molar-refractivity contribution in [2.75, 3.05) is 7.11 Å². The minimum Gasteiger partial charge on any atom is -0.497 e. The van der Waals surface area contributed by atoms with E-state index in [0.717, 1.165) is 5.10 Å². The lowest BCUT2D eigenvalue weighted by Crippen LogP contribution is -2.59. The van der Waals surface area contributed by atoms with Gasteiger partial charge in [0.2, 0.25) is 0 Å². The molecule has 2 aromatic rings. The fraction of sp³-hybridized carbons (Fsp3) is 0.357. The first-order valence-corrected chi connectivity index (χ1v) is 7.24. The van der Waals surface area contributed by atoms with Crippen LogP contribution in [0.25, 0.3) is 0 Å². The fourth-order valence-corrected chi connectivity index (χ4v) is 1.96. The van der Waals surface area contributed by atoms with Crippen LogP contribution in [0.2, 0.25) is 0 Å². The maximum atomic E-state index is 14.0. The quantitative estimate of drug-likeness (QED) is 0.491. The number of nitrogens with one attached hydrogen (secondary N) is 2. The smallest absolute Gasteiger partial charge is 0.460 e. The number of methoxy groups -OCH3 is 1. The Hall–Kier alpha value is -3.00. The maximum absolute atomic E-state index is 14.0. The first kappa shape index (κ1) is 22.3. The molecule has 15 heteroatoms. The minimum absolute atomic E-state index is 0.104. The number of aromatic nitrogens is 2. The van der Waals surface area contributed by atoms with E-state index in [0.29, 0.717) is 5.75 Å². The summed E-state index contributed by atoms with van der Waals surface area (Å²) in [4.78, 5) is 11.5. The Balaban J connectivity index is 2.50. The van der Waals surface area contributed by atoms with Gasteiger partial charge < -0.3 is 4.74 Å². The molecular formula is C14H9F9N4O2. The average molecular weight is 436 g/mol. The summed E-state index contributed by atoms with van der Waals surface area (Å²) in [7, 11) is 1.32. The van der Waals surface area contributed by atoms with Crippen LogP contribution in [0.3, 0.4) is 0 Å². The molecule has 0 saturated heterocycles. The molecule has 0 saturated carbocycles. The highest BCUT2D eigenvalue weighted by molar-refractivity contribution is 5.45. The van der Waals surface area contributed by atoms with Gasteiger partial charge in [-0.1, -0.05) is 0 Å². The molecule has 0 unspecified atom stereocenters. The summed E-state index contributed by atoms with van der Waals surface area (Å²) in [5.74, 6) is -19.9. The molecule has 0 aliphatic carbocycles. The monoisotopic (exact) mass is 436 g/mol. The summed E-state index contributed by atoms with van der Waals surface area (Å²) >= 11 is 0. The van der Waals surface area contributed by atoms with E-state index in [-0.39, 0.29) is 5.69 Å². The predicted molar refractivity (Wildman–Crippen MR) is 78.4 cm³/mol. The first-order chi connectivity index (χ1) is 13.2. The highest BCUT2D eigenvalue weighted by Crippen LogP contribution is 2.57. The number of nitrogens with zero attached hydrogens (tertiary/aromatic N) is 2. The summed E-state index contributed by atoms with van der Waals surface area (Å²) in [6.45, 7) is 0. The number of halogens is 9. The molecule has 0 fully saturated rings. The molecule has 0 bridgehead atoms. The molecule has 1 aromatic carbocycles. The van der Waals surface area contributed by atoms with Crippen molar-refractivity contribution >= 4 is 11.4 Å². The average Bonchev–Trinajstić information content (AvgIpc) is 3.00. The van der Waals surface area contributed by atoms with Crippen molar-refractivity contribution < 1.29 is 44.3 Å². The zero-order valence-electron chi connectivity index (χ0n) is 13.9. The van der Waals surface area contributed by atoms with Crippen molar-refractivity contribution in [3.63, 3.8) is 0 Å². The van der Waals surface area contributed by atoms with E-state index >= 15 is 0 Å². The number of hydrogen-bond acceptors (Lipinski definition) is 4. The zero-order valence-corrected chi connectivity index (χ0v) is 13.9. The highest BCUT2D eigenvalue weighted by Gasteiger charge is 2.82. The van der Waals surface area contributed by atoms with E-state index in [1.165, 1.54) is 36.5 Å². The van der Waals surface area contributed by atoms with Gasteiger partial charge in [0.1, 0.15) is 11.4 Å². The van der Waals surface area contributed by atoms with Gasteiger partial charge in [0, 0.05) is 0 Å². The van der Waals surface area contributed by atoms with Gasteiger partial charge in [-0.3, -0.25) is 15.0 Å². The second-order valence-corrected chi connectivity index (χ2v) is 5.42. The minimum atomic E-state index is -7.12. The van der Waals surface area contributed by atoms with Gasteiger partial charge in [0.05, 0.1) is 12.8 Å². The lowest BCUT2D eigenvalue weighted by molar-refractivity contribution is -0.400. The van der Waals surface area contributed by atoms with Crippen LogP contribution in [0.15, 0.2) is 39.3 Å². The van der Waals surface area contributed by atoms with Gasteiger partial charge in [-0.2, -0.15) is 44.6 Å². The second-order valence-electron chi connectivity index (χ2n) is 5.42. The molecular weight excluding hydrogens is 427 g/mol. The number of aromatic amines is 2. The van der Waals surface area contributed by atoms with Crippen molar-refractivity contribution in [1.82, 2.24) is 10.2 Å². The number of azo groups is 1. The topological polar surface area (TPSA) is 82.6 Å². The second kappa shape index (κ2) is 7.11. The van der Waals surface area contributed by atoms with Gasteiger partial charge >= 0.3 is 23.9 Å². The number of ether oxygens (including phenoxy) is 1. The van der Waals surface area contributed by atoms with Crippen molar-refractivity contribution in [1.29, 1.82) is 0 Å². The third-order valence-corrected chi connectivity index (χ3v) is 3.55. The van der Waals surface area contributed by atoms with E-state index in [2.05, 4.69) is 10.2 Å². The van der Waals surface area contributed by atoms with E-state index in [1.54, 1.807) is 0 Å². The largest absolute Gasteiger partial charge is 0.497 e. The van der Waals surface area contributed by atoms with Gasteiger partial charge in [-0.05, 0) is 24.3 Å². The van der Waals surface area contributed by atoms with E-state index < -0.39 is 40.9 Å². The molecule has 0 aliphatic rings. The molecule has 0 spiro atoms. The Morgan fingerprint density at radius 1 is 0.828 bits per heavy atom. The number of H-pyrrole nitrogens is 2. The third-order valence-electron chi connectivity index (χ3n) is 3.55. The highest BCUT2D eigenvalue weighted by atomic mass is 19.4. The Kier molecular flexibility index (Phi) is 5.47. The Morgan fingerprint density at radius 2 is 1.38 bits per heavy atom. The van der Waals surface area contributed by atoms with Gasteiger partial charge in [-0.15, -0.1) is 5.11 Å². The third kappa shape index (κ3) is 3.67. The van der Waals surface area contributed by atoms with Crippen LogP contribution in [0, 0.1) is 0 Å². The molecule has 6 nitrogen and oxygen atoms in total. The van der Waals surface area contributed by atoms with Crippen LogP contribution in [-0.4, -0.2) is 35.3 Å². The molecule has 0 radical (unpaired) electrons. The van der Waals surface area contributed by atoms with Crippen molar-refractivity contribution in [2.45, 2.75) is 23.9 Å². The standard InChI is InChI=1S/C14H9F9N4O2/c1-29-7-4-2-6(3-5-7)24-25-8-9(26-27-10(8)28)11(15,16)12(17,18)13(19,20)14(21,22)23/h2-5H,1H3,(H2,26,27,28). The van der Waals surface area contributed by atoms with Crippen molar-refractivity contribution in [3.8, 4) is 5.75 Å². The maximum Gasteiger partial charge on any atom is 0.460 e. The lowest BCUT2D eigenvalue weighted by Gasteiger charge is -2.33. The molecule has 0 amide bonds.